The zero-order valence-corrected chi connectivity index (χ0v) is 15.9. The van der Waals surface area contributed by atoms with Crippen LogP contribution >= 0.6 is 27.5 Å². The van der Waals surface area contributed by atoms with Crippen LogP contribution in [0.25, 0.3) is 0 Å². The Morgan fingerprint density at radius 3 is 2.76 bits per heavy atom. The van der Waals surface area contributed by atoms with Crippen molar-refractivity contribution in [3.63, 3.8) is 0 Å². The third-order valence-corrected chi connectivity index (χ3v) is 5.14. The zero-order valence-electron chi connectivity index (χ0n) is 13.6. The Labute approximate surface area is 158 Å². The second-order valence-electron chi connectivity index (χ2n) is 5.90. The molecule has 25 heavy (non-hydrogen) atoms. The molecule has 130 valence electrons. The van der Waals surface area contributed by atoms with Crippen LogP contribution < -0.4 is 4.90 Å². The van der Waals surface area contributed by atoms with Crippen LogP contribution in [0.3, 0.4) is 0 Å². The summed E-state index contributed by atoms with van der Waals surface area (Å²) in [5.41, 5.74) is 1.82. The van der Waals surface area contributed by atoms with Gasteiger partial charge in [-0.05, 0) is 41.1 Å². The van der Waals surface area contributed by atoms with Gasteiger partial charge in [0.1, 0.15) is 22.8 Å². The molecule has 6 nitrogen and oxygen atoms in total. The predicted molar refractivity (Wildman–Crippen MR) is 97.8 cm³/mol. The van der Waals surface area contributed by atoms with Gasteiger partial charge in [-0.3, -0.25) is 0 Å². The molecule has 1 saturated heterocycles. The van der Waals surface area contributed by atoms with E-state index in [9.17, 15) is 4.79 Å². The van der Waals surface area contributed by atoms with Crippen molar-refractivity contribution in [3.05, 3.63) is 44.8 Å². The Balaban J connectivity index is 1.59. The molecule has 0 spiro atoms. The number of ether oxygens (including phenoxy) is 1. The lowest BCUT2D eigenvalue weighted by atomic mass is 10.1. The number of nitriles is 1. The first-order valence-corrected chi connectivity index (χ1v) is 9.02. The number of anilines is 1. The number of pyridine rings is 1. The minimum absolute atomic E-state index is 0.138. The highest BCUT2D eigenvalue weighted by molar-refractivity contribution is 9.10. The largest absolute Gasteiger partial charge is 0.458 e. The number of H-pyrrole nitrogens is 1. The minimum Gasteiger partial charge on any atom is -0.458 e. The normalized spacial score (nSPS) is 15.0. The van der Waals surface area contributed by atoms with Crippen LogP contribution in [0.5, 0.6) is 0 Å². The number of aromatic amines is 1. The second kappa shape index (κ2) is 7.46. The molecule has 0 unspecified atom stereocenters. The predicted octanol–water partition coefficient (Wildman–Crippen LogP) is 3.83. The lowest BCUT2D eigenvalue weighted by molar-refractivity contribution is 0.0238. The molecule has 2 aromatic rings. The Morgan fingerprint density at radius 2 is 2.16 bits per heavy atom. The van der Waals surface area contributed by atoms with E-state index >= 15 is 0 Å². The number of halogens is 2. The third kappa shape index (κ3) is 4.14. The highest BCUT2D eigenvalue weighted by Gasteiger charge is 2.24. The molecule has 0 amide bonds. The second-order valence-corrected chi connectivity index (χ2v) is 7.14. The Kier molecular flexibility index (Phi) is 5.30. The Bertz CT molecular complexity index is 818. The van der Waals surface area contributed by atoms with Crippen LogP contribution in [0.2, 0.25) is 5.15 Å². The quantitative estimate of drug-likeness (QED) is 0.599. The molecule has 0 radical (unpaired) electrons. The Morgan fingerprint density at radius 1 is 1.44 bits per heavy atom. The topological polar surface area (TPSA) is 82.0 Å². The fourth-order valence-corrected chi connectivity index (χ4v) is 3.30. The van der Waals surface area contributed by atoms with Crippen LogP contribution in [0.1, 0.15) is 34.6 Å². The number of hydrogen-bond donors (Lipinski definition) is 1. The summed E-state index contributed by atoms with van der Waals surface area (Å²) >= 11 is 9.34. The highest BCUT2D eigenvalue weighted by atomic mass is 79.9. The SMILES string of the molecule is Cc1[nH]c(C(=O)OC2CCN(c3cc(C#N)cc(Cl)n3)CC2)cc1Br. The lowest BCUT2D eigenvalue weighted by Crippen LogP contribution is -2.38. The van der Waals surface area contributed by atoms with Gasteiger partial charge in [-0.25, -0.2) is 9.78 Å². The summed E-state index contributed by atoms with van der Waals surface area (Å²) in [6.45, 7) is 3.25. The van der Waals surface area contributed by atoms with Gasteiger partial charge in [0.2, 0.25) is 0 Å². The van der Waals surface area contributed by atoms with Gasteiger partial charge in [-0.1, -0.05) is 11.6 Å². The molecule has 2 aromatic heterocycles. The van der Waals surface area contributed by atoms with E-state index in [1.807, 2.05) is 11.8 Å². The number of rotatable bonds is 3. The molecule has 3 rings (SSSR count). The number of piperidine rings is 1. The van der Waals surface area contributed by atoms with Crippen molar-refractivity contribution in [2.45, 2.75) is 25.9 Å². The number of nitrogens with one attached hydrogen (secondary N) is 1. The van der Waals surface area contributed by atoms with Gasteiger partial charge in [0.15, 0.2) is 0 Å². The zero-order chi connectivity index (χ0) is 18.0. The smallest absolute Gasteiger partial charge is 0.355 e. The molecule has 1 aliphatic rings. The van der Waals surface area contributed by atoms with Gasteiger partial charge in [0, 0.05) is 36.1 Å². The third-order valence-electron chi connectivity index (χ3n) is 4.12. The lowest BCUT2D eigenvalue weighted by Gasteiger charge is -2.32. The molecule has 1 fully saturated rings. The number of carbonyl (C=O) groups is 1. The standard InChI is InChI=1S/C17H16BrClN4O2/c1-10-13(18)8-14(21-10)17(24)25-12-2-4-23(5-3-12)16-7-11(9-20)6-15(19)22-16/h6-8,12,21H,2-5H2,1H3. The summed E-state index contributed by atoms with van der Waals surface area (Å²) in [6.07, 6.45) is 1.26. The van der Waals surface area contributed by atoms with Crippen molar-refractivity contribution in [2.75, 3.05) is 18.0 Å². The van der Waals surface area contributed by atoms with E-state index in [4.69, 9.17) is 21.6 Å². The summed E-state index contributed by atoms with van der Waals surface area (Å²) in [5.74, 6) is 0.331. The van der Waals surface area contributed by atoms with Gasteiger partial charge < -0.3 is 14.6 Å². The molecule has 8 heteroatoms. The molecule has 0 aromatic carbocycles. The van der Waals surface area contributed by atoms with Crippen molar-refractivity contribution >= 4 is 39.3 Å². The van der Waals surface area contributed by atoms with Crippen molar-refractivity contribution in [2.24, 2.45) is 0 Å². The number of nitrogens with zero attached hydrogens (tertiary/aromatic N) is 3. The van der Waals surface area contributed by atoms with Crippen LogP contribution in [-0.2, 0) is 4.74 Å². The Hall–Kier alpha value is -2.04. The van der Waals surface area contributed by atoms with E-state index in [-0.39, 0.29) is 12.1 Å². The summed E-state index contributed by atoms with van der Waals surface area (Å²) in [4.78, 5) is 21.5. The first-order chi connectivity index (χ1) is 12.0. The minimum atomic E-state index is -0.347. The van der Waals surface area contributed by atoms with Crippen molar-refractivity contribution < 1.29 is 9.53 Å². The molecule has 3 heterocycles. The average molecular weight is 424 g/mol. The van der Waals surface area contributed by atoms with E-state index in [2.05, 4.69) is 32.0 Å². The maximum absolute atomic E-state index is 12.2. The van der Waals surface area contributed by atoms with E-state index in [0.29, 0.717) is 48.2 Å². The van der Waals surface area contributed by atoms with E-state index in [0.717, 1.165) is 10.2 Å². The molecule has 0 aliphatic carbocycles. The van der Waals surface area contributed by atoms with Crippen molar-refractivity contribution in [3.8, 4) is 6.07 Å². The van der Waals surface area contributed by atoms with Gasteiger partial charge in [0.05, 0.1) is 11.6 Å². The highest BCUT2D eigenvalue weighted by Crippen LogP contribution is 2.24. The number of carbonyl (C=O) groups excluding carboxylic acids is 1. The number of hydrogen-bond acceptors (Lipinski definition) is 5. The molecular formula is C17H16BrClN4O2. The number of esters is 1. The maximum Gasteiger partial charge on any atom is 0.355 e. The molecule has 1 aliphatic heterocycles. The monoisotopic (exact) mass is 422 g/mol. The van der Waals surface area contributed by atoms with Crippen LogP contribution in [0.4, 0.5) is 5.82 Å². The van der Waals surface area contributed by atoms with Crippen LogP contribution in [0, 0.1) is 18.3 Å². The summed E-state index contributed by atoms with van der Waals surface area (Å²) in [5, 5.41) is 9.34. The molecular weight excluding hydrogens is 408 g/mol. The molecule has 0 bridgehead atoms. The molecule has 1 N–H and O–H groups in total. The van der Waals surface area contributed by atoms with Gasteiger partial charge in [-0.15, -0.1) is 0 Å². The van der Waals surface area contributed by atoms with E-state index in [1.54, 1.807) is 12.1 Å². The summed E-state index contributed by atoms with van der Waals surface area (Å²) in [7, 11) is 0. The van der Waals surface area contributed by atoms with Crippen LogP contribution in [0.15, 0.2) is 22.7 Å². The van der Waals surface area contributed by atoms with Crippen molar-refractivity contribution in [1.29, 1.82) is 5.26 Å². The maximum atomic E-state index is 12.2. The number of aryl methyl sites for hydroxylation is 1. The number of aromatic nitrogens is 2. The summed E-state index contributed by atoms with van der Waals surface area (Å²) < 4.78 is 6.44. The fourth-order valence-electron chi connectivity index (χ4n) is 2.77. The van der Waals surface area contributed by atoms with Crippen LogP contribution in [-0.4, -0.2) is 35.1 Å². The molecule has 0 atom stereocenters. The summed E-state index contributed by atoms with van der Waals surface area (Å²) in [6, 6.07) is 7.06. The van der Waals surface area contributed by atoms with Gasteiger partial charge >= 0.3 is 5.97 Å². The first-order valence-electron chi connectivity index (χ1n) is 7.85. The van der Waals surface area contributed by atoms with Crippen molar-refractivity contribution in [1.82, 2.24) is 9.97 Å². The van der Waals surface area contributed by atoms with E-state index in [1.165, 1.54) is 6.07 Å². The fraction of sp³-hybridized carbons (Fsp3) is 0.353. The van der Waals surface area contributed by atoms with E-state index < -0.39 is 0 Å². The average Bonchev–Trinajstić information content (AvgIpc) is 2.94. The first kappa shape index (κ1) is 17.8. The molecule has 0 saturated carbocycles. The van der Waals surface area contributed by atoms with Gasteiger partial charge in [-0.2, -0.15) is 5.26 Å². The van der Waals surface area contributed by atoms with Gasteiger partial charge in [0.25, 0.3) is 0 Å².